The monoisotopic (exact) mass is 352 g/mol. The van der Waals surface area contributed by atoms with Gasteiger partial charge in [0.1, 0.15) is 9.21 Å². The van der Waals surface area contributed by atoms with Crippen LogP contribution in [0.15, 0.2) is 15.3 Å². The highest BCUT2D eigenvalue weighted by atomic mass is 79.9. The van der Waals surface area contributed by atoms with E-state index in [1.165, 1.54) is 0 Å². The largest absolute Gasteiger partial charge is 0.250 e. The maximum absolute atomic E-state index is 5.57. The minimum atomic E-state index is -1.59. The molecule has 0 aliphatic heterocycles. The maximum atomic E-state index is 5.57. The minimum Gasteiger partial charge on any atom is -0.221 e. The van der Waals surface area contributed by atoms with Crippen LogP contribution in [0.1, 0.15) is 5.82 Å². The average Bonchev–Trinajstić information content (AvgIpc) is 1.82. The number of rotatable bonds is 0. The van der Waals surface area contributed by atoms with Crippen LogP contribution in [0.4, 0.5) is 0 Å². The molecule has 1 aromatic heterocycles. The molecular weight excluding hydrogens is 354 g/mol. The number of nitrogens with zero attached hydrogens (tertiary/aromatic N) is 2. The van der Waals surface area contributed by atoms with Crippen LogP contribution < -0.4 is 0 Å². The van der Waals surface area contributed by atoms with Crippen molar-refractivity contribution in [1.29, 1.82) is 0 Å². The fraction of sp³-hybridized carbons (Fsp3) is 0.200. The summed E-state index contributed by atoms with van der Waals surface area (Å²) in [5.41, 5.74) is 0. The first kappa shape index (κ1) is 11.0. The summed E-state index contributed by atoms with van der Waals surface area (Å²) in [5.74, 6) is 0.133. The van der Waals surface area contributed by atoms with Gasteiger partial charge in [-0.1, -0.05) is 34.8 Å². The molecule has 0 radical (unpaired) electrons. The number of aromatic nitrogens is 2. The van der Waals surface area contributed by atoms with Crippen LogP contribution in [0.2, 0.25) is 0 Å². The maximum Gasteiger partial charge on any atom is 0.250 e. The molecule has 0 bridgehead atoms. The first-order valence-corrected chi connectivity index (χ1v) is 5.39. The first-order valence-electron chi connectivity index (χ1n) is 2.67. The molecule has 0 amide bonds. The Kier molecular flexibility index (Phi) is 3.63. The van der Waals surface area contributed by atoms with E-state index in [1.54, 1.807) is 6.07 Å². The molecule has 1 heterocycles. The van der Waals surface area contributed by atoms with Crippen LogP contribution in [0.5, 0.6) is 0 Å². The standard InChI is InChI=1S/C5HBr2Cl3N2/c6-2-1-3(7)12-4(11-2)5(8,9)10/h1H. The Morgan fingerprint density at radius 3 is 1.83 bits per heavy atom. The Labute approximate surface area is 101 Å². The van der Waals surface area contributed by atoms with Gasteiger partial charge in [-0.2, -0.15) is 0 Å². The third kappa shape index (κ3) is 3.00. The lowest BCUT2D eigenvalue weighted by atomic mass is 10.6. The zero-order valence-corrected chi connectivity index (χ0v) is 10.8. The van der Waals surface area contributed by atoms with Crippen LogP contribution >= 0.6 is 66.7 Å². The SMILES string of the molecule is ClC(Cl)(Cl)c1nc(Br)cc(Br)n1. The Balaban J connectivity index is 3.18. The van der Waals surface area contributed by atoms with Gasteiger partial charge in [-0.3, -0.25) is 0 Å². The number of hydrogen-bond donors (Lipinski definition) is 0. The molecule has 0 saturated heterocycles. The highest BCUT2D eigenvalue weighted by Crippen LogP contribution is 2.36. The fourth-order valence-electron chi connectivity index (χ4n) is 0.517. The molecule has 0 aromatic carbocycles. The zero-order valence-electron chi connectivity index (χ0n) is 5.36. The third-order valence-corrected chi connectivity index (χ3v) is 2.24. The average molecular weight is 355 g/mol. The molecule has 0 atom stereocenters. The molecule has 12 heavy (non-hydrogen) atoms. The minimum absolute atomic E-state index is 0.133. The zero-order chi connectivity index (χ0) is 9.35. The van der Waals surface area contributed by atoms with Gasteiger partial charge in [-0.15, -0.1) is 0 Å². The van der Waals surface area contributed by atoms with Crippen molar-refractivity contribution < 1.29 is 0 Å². The normalized spacial score (nSPS) is 11.8. The van der Waals surface area contributed by atoms with Gasteiger partial charge in [0, 0.05) is 6.07 Å². The van der Waals surface area contributed by atoms with Crippen LogP contribution in [-0.4, -0.2) is 9.97 Å². The fourth-order valence-corrected chi connectivity index (χ4v) is 1.85. The Hall–Kier alpha value is 0.910. The van der Waals surface area contributed by atoms with E-state index in [0.717, 1.165) is 0 Å². The molecule has 1 aromatic rings. The lowest BCUT2D eigenvalue weighted by Gasteiger charge is -2.08. The van der Waals surface area contributed by atoms with Gasteiger partial charge >= 0.3 is 0 Å². The predicted molar refractivity (Wildman–Crippen MR) is 56.7 cm³/mol. The van der Waals surface area contributed by atoms with Gasteiger partial charge in [0.05, 0.1) is 0 Å². The summed E-state index contributed by atoms with van der Waals surface area (Å²) in [6.07, 6.45) is 0. The van der Waals surface area contributed by atoms with Crippen LogP contribution in [0, 0.1) is 0 Å². The van der Waals surface area contributed by atoms with E-state index < -0.39 is 3.79 Å². The molecule has 66 valence electrons. The quantitative estimate of drug-likeness (QED) is 0.522. The first-order chi connectivity index (χ1) is 5.39. The summed E-state index contributed by atoms with van der Waals surface area (Å²) in [4.78, 5) is 7.77. The van der Waals surface area contributed by atoms with Crippen molar-refractivity contribution in [3.05, 3.63) is 21.1 Å². The van der Waals surface area contributed by atoms with E-state index in [1.807, 2.05) is 0 Å². The Morgan fingerprint density at radius 1 is 1.08 bits per heavy atom. The van der Waals surface area contributed by atoms with E-state index in [0.29, 0.717) is 9.21 Å². The van der Waals surface area contributed by atoms with Gasteiger partial charge < -0.3 is 0 Å². The van der Waals surface area contributed by atoms with Crippen molar-refractivity contribution in [3.63, 3.8) is 0 Å². The van der Waals surface area contributed by atoms with Crippen molar-refractivity contribution in [2.45, 2.75) is 3.79 Å². The van der Waals surface area contributed by atoms with Gasteiger partial charge in [0.25, 0.3) is 0 Å². The lowest BCUT2D eigenvalue weighted by molar-refractivity contribution is 0.941. The molecule has 0 spiro atoms. The molecule has 0 aliphatic carbocycles. The van der Waals surface area contributed by atoms with Crippen molar-refractivity contribution in [1.82, 2.24) is 9.97 Å². The highest BCUT2D eigenvalue weighted by Gasteiger charge is 2.27. The molecule has 7 heteroatoms. The molecule has 2 nitrogen and oxygen atoms in total. The van der Waals surface area contributed by atoms with E-state index in [4.69, 9.17) is 34.8 Å². The summed E-state index contributed by atoms with van der Waals surface area (Å²) in [5, 5.41) is 0. The van der Waals surface area contributed by atoms with Crippen molar-refractivity contribution >= 4 is 66.7 Å². The summed E-state index contributed by atoms with van der Waals surface area (Å²) in [7, 11) is 0. The van der Waals surface area contributed by atoms with Gasteiger partial charge in [-0.05, 0) is 31.9 Å². The van der Waals surface area contributed by atoms with Crippen LogP contribution in [0.25, 0.3) is 0 Å². The van der Waals surface area contributed by atoms with E-state index in [9.17, 15) is 0 Å². The molecule has 1 rings (SSSR count). The van der Waals surface area contributed by atoms with Gasteiger partial charge in [-0.25, -0.2) is 9.97 Å². The smallest absolute Gasteiger partial charge is 0.221 e. The Bertz CT molecular complexity index is 279. The topological polar surface area (TPSA) is 25.8 Å². The van der Waals surface area contributed by atoms with E-state index in [-0.39, 0.29) is 5.82 Å². The van der Waals surface area contributed by atoms with Crippen LogP contribution in [0.3, 0.4) is 0 Å². The van der Waals surface area contributed by atoms with Crippen molar-refractivity contribution in [2.24, 2.45) is 0 Å². The third-order valence-electron chi connectivity index (χ3n) is 0.917. The second-order valence-electron chi connectivity index (χ2n) is 1.83. The lowest BCUT2D eigenvalue weighted by Crippen LogP contribution is -2.07. The molecule has 0 aliphatic rings. The number of halogens is 5. The van der Waals surface area contributed by atoms with Crippen LogP contribution in [-0.2, 0) is 3.79 Å². The molecule has 0 unspecified atom stereocenters. The van der Waals surface area contributed by atoms with Gasteiger partial charge in [0.2, 0.25) is 3.79 Å². The second-order valence-corrected chi connectivity index (χ2v) is 5.74. The summed E-state index contributed by atoms with van der Waals surface area (Å²) in [6, 6.07) is 1.65. The number of alkyl halides is 3. The summed E-state index contributed by atoms with van der Waals surface area (Å²) in [6.45, 7) is 0. The highest BCUT2D eigenvalue weighted by molar-refractivity contribution is 9.11. The van der Waals surface area contributed by atoms with E-state index >= 15 is 0 Å². The van der Waals surface area contributed by atoms with Crippen molar-refractivity contribution in [3.8, 4) is 0 Å². The second kappa shape index (κ2) is 3.96. The molecular formula is C5HBr2Cl3N2. The van der Waals surface area contributed by atoms with Gasteiger partial charge in [0.15, 0.2) is 5.82 Å². The molecule has 0 fully saturated rings. The Morgan fingerprint density at radius 2 is 1.50 bits per heavy atom. The van der Waals surface area contributed by atoms with E-state index in [2.05, 4.69) is 41.8 Å². The summed E-state index contributed by atoms with van der Waals surface area (Å²) >= 11 is 23.0. The predicted octanol–water partition coefficient (Wildman–Crippen LogP) is 3.83. The molecule has 0 N–H and O–H groups in total. The number of hydrogen-bond acceptors (Lipinski definition) is 2. The van der Waals surface area contributed by atoms with Crippen molar-refractivity contribution in [2.75, 3.05) is 0 Å². The summed E-state index contributed by atoms with van der Waals surface area (Å²) < 4.78 is -0.469. The molecule has 0 saturated carbocycles.